The minimum absolute atomic E-state index is 0.0511. The van der Waals surface area contributed by atoms with Gasteiger partial charge in [0.25, 0.3) is 0 Å². The minimum atomic E-state index is -0.0511. The van der Waals surface area contributed by atoms with Crippen molar-refractivity contribution in [2.24, 2.45) is 0 Å². The van der Waals surface area contributed by atoms with E-state index in [1.807, 2.05) is 60.8 Å². The second-order valence-corrected chi connectivity index (χ2v) is 7.03. The average Bonchev–Trinajstić information content (AvgIpc) is 3.16. The number of anilines is 1. The van der Waals surface area contributed by atoms with Crippen molar-refractivity contribution in [2.75, 3.05) is 19.5 Å². The Labute approximate surface area is 163 Å². The monoisotopic (exact) mass is 382 g/mol. The molecule has 1 heterocycles. The van der Waals surface area contributed by atoms with Crippen molar-refractivity contribution in [1.82, 2.24) is 4.98 Å². The molecule has 5 nitrogen and oxygen atoms in total. The van der Waals surface area contributed by atoms with Crippen LogP contribution < -0.4 is 14.8 Å². The van der Waals surface area contributed by atoms with Crippen LogP contribution in [0.2, 0.25) is 0 Å². The van der Waals surface area contributed by atoms with Gasteiger partial charge in [0.05, 0.1) is 19.9 Å². The van der Waals surface area contributed by atoms with E-state index in [1.54, 1.807) is 14.2 Å². The Hall–Kier alpha value is -2.86. The lowest BCUT2D eigenvalue weighted by Crippen LogP contribution is -2.14. The van der Waals surface area contributed by atoms with Crippen LogP contribution in [0.1, 0.15) is 24.8 Å². The molecule has 1 N–H and O–H groups in total. The summed E-state index contributed by atoms with van der Waals surface area (Å²) in [5.74, 6) is 1.52. The van der Waals surface area contributed by atoms with Crippen molar-refractivity contribution in [2.45, 2.75) is 19.3 Å². The number of nitrogens with zero attached hydrogens (tertiary/aromatic N) is 1. The number of thiazole rings is 1. The highest BCUT2D eigenvalue weighted by Gasteiger charge is 2.15. The summed E-state index contributed by atoms with van der Waals surface area (Å²) in [6.45, 7) is 2.04. The van der Waals surface area contributed by atoms with Crippen LogP contribution in [0.5, 0.6) is 11.5 Å². The number of amides is 1. The lowest BCUT2D eigenvalue weighted by atomic mass is 9.98. The first-order valence-electron chi connectivity index (χ1n) is 8.63. The first kappa shape index (κ1) is 18.9. The van der Waals surface area contributed by atoms with Crippen molar-refractivity contribution in [3.63, 3.8) is 0 Å². The number of hydrogen-bond donors (Lipinski definition) is 1. The van der Waals surface area contributed by atoms with Crippen molar-refractivity contribution in [3.05, 3.63) is 59.5 Å². The Kier molecular flexibility index (Phi) is 6.08. The van der Waals surface area contributed by atoms with Gasteiger partial charge in [-0.05, 0) is 29.7 Å². The van der Waals surface area contributed by atoms with Gasteiger partial charge in [0.15, 0.2) is 5.13 Å². The van der Waals surface area contributed by atoms with Gasteiger partial charge < -0.3 is 14.8 Å². The molecule has 6 heteroatoms. The van der Waals surface area contributed by atoms with Crippen LogP contribution in [0, 0.1) is 0 Å². The highest BCUT2D eigenvalue weighted by molar-refractivity contribution is 7.14. The van der Waals surface area contributed by atoms with E-state index in [0.717, 1.165) is 22.6 Å². The predicted octanol–water partition coefficient (Wildman–Crippen LogP) is 4.96. The number of carbonyl (C=O) groups excluding carboxylic acids is 1. The molecular formula is C21H22N2O3S. The van der Waals surface area contributed by atoms with Gasteiger partial charge in [0, 0.05) is 17.4 Å². The number of ether oxygens (including phenoxy) is 2. The molecule has 2 aromatic carbocycles. The first-order valence-corrected chi connectivity index (χ1v) is 9.51. The molecule has 0 saturated carbocycles. The summed E-state index contributed by atoms with van der Waals surface area (Å²) in [4.78, 5) is 16.9. The van der Waals surface area contributed by atoms with Gasteiger partial charge in [-0.2, -0.15) is 0 Å². The third-order valence-corrected chi connectivity index (χ3v) is 5.05. The molecule has 0 aliphatic rings. The van der Waals surface area contributed by atoms with E-state index in [2.05, 4.69) is 10.3 Å². The second-order valence-electron chi connectivity index (χ2n) is 6.17. The summed E-state index contributed by atoms with van der Waals surface area (Å²) in [6, 6.07) is 15.6. The van der Waals surface area contributed by atoms with Gasteiger partial charge >= 0.3 is 0 Å². The molecule has 0 spiro atoms. The van der Waals surface area contributed by atoms with E-state index in [1.165, 1.54) is 11.3 Å². The maximum atomic E-state index is 12.4. The van der Waals surface area contributed by atoms with E-state index in [9.17, 15) is 4.79 Å². The molecular weight excluding hydrogens is 360 g/mol. The molecule has 27 heavy (non-hydrogen) atoms. The first-order chi connectivity index (χ1) is 13.1. The normalized spacial score (nSPS) is 11.7. The summed E-state index contributed by atoms with van der Waals surface area (Å²) in [6.07, 6.45) is 0.404. The minimum Gasteiger partial charge on any atom is -0.497 e. The van der Waals surface area contributed by atoms with Gasteiger partial charge in [0.2, 0.25) is 5.91 Å². The highest BCUT2D eigenvalue weighted by atomic mass is 32.1. The molecule has 0 aliphatic carbocycles. The molecule has 1 aromatic heterocycles. The smallest absolute Gasteiger partial charge is 0.226 e. The number of hydrogen-bond acceptors (Lipinski definition) is 5. The Balaban J connectivity index is 1.70. The lowest BCUT2D eigenvalue weighted by Gasteiger charge is -2.11. The number of rotatable bonds is 7. The topological polar surface area (TPSA) is 60.5 Å². The van der Waals surface area contributed by atoms with Crippen molar-refractivity contribution < 1.29 is 14.3 Å². The quantitative estimate of drug-likeness (QED) is 0.627. The number of benzene rings is 2. The van der Waals surface area contributed by atoms with Gasteiger partial charge in [-0.15, -0.1) is 11.3 Å². The second kappa shape index (κ2) is 8.68. The van der Waals surface area contributed by atoms with E-state index in [0.29, 0.717) is 17.3 Å². The van der Waals surface area contributed by atoms with Gasteiger partial charge in [-0.25, -0.2) is 4.98 Å². The van der Waals surface area contributed by atoms with Crippen LogP contribution in [-0.2, 0) is 4.79 Å². The molecule has 1 atom stereocenters. The van der Waals surface area contributed by atoms with E-state index < -0.39 is 0 Å². The van der Waals surface area contributed by atoms with Crippen LogP contribution in [0.3, 0.4) is 0 Å². The summed E-state index contributed by atoms with van der Waals surface area (Å²) in [5.41, 5.74) is 2.71. The third-order valence-electron chi connectivity index (χ3n) is 4.29. The predicted molar refractivity (Wildman–Crippen MR) is 109 cm³/mol. The molecule has 0 aliphatic heterocycles. The fourth-order valence-electron chi connectivity index (χ4n) is 2.82. The third kappa shape index (κ3) is 4.65. The molecule has 1 amide bonds. The van der Waals surface area contributed by atoms with Crippen molar-refractivity contribution in [3.8, 4) is 22.8 Å². The van der Waals surface area contributed by atoms with Crippen molar-refractivity contribution in [1.29, 1.82) is 0 Å². The van der Waals surface area contributed by atoms with Crippen LogP contribution in [0.4, 0.5) is 5.13 Å². The molecule has 0 radical (unpaired) electrons. The number of aromatic nitrogens is 1. The van der Waals surface area contributed by atoms with Gasteiger partial charge in [0.1, 0.15) is 11.5 Å². The Morgan fingerprint density at radius 3 is 2.63 bits per heavy atom. The van der Waals surface area contributed by atoms with Crippen molar-refractivity contribution >= 4 is 22.4 Å². The van der Waals surface area contributed by atoms with E-state index in [4.69, 9.17) is 9.47 Å². The Morgan fingerprint density at radius 2 is 1.93 bits per heavy atom. The van der Waals surface area contributed by atoms with Crippen LogP contribution in [0.15, 0.2) is 53.9 Å². The zero-order valence-corrected chi connectivity index (χ0v) is 16.4. The maximum absolute atomic E-state index is 12.4. The lowest BCUT2D eigenvalue weighted by molar-refractivity contribution is -0.116. The van der Waals surface area contributed by atoms with Gasteiger partial charge in [-0.1, -0.05) is 37.3 Å². The zero-order valence-electron chi connectivity index (χ0n) is 15.6. The molecule has 140 valence electrons. The Bertz CT molecular complexity index is 909. The van der Waals surface area contributed by atoms with Crippen LogP contribution in [0.25, 0.3) is 11.3 Å². The fraction of sp³-hybridized carbons (Fsp3) is 0.238. The highest BCUT2D eigenvalue weighted by Crippen LogP contribution is 2.35. The zero-order chi connectivity index (χ0) is 19.2. The molecule has 0 unspecified atom stereocenters. The van der Waals surface area contributed by atoms with E-state index in [-0.39, 0.29) is 11.8 Å². The summed E-state index contributed by atoms with van der Waals surface area (Å²) < 4.78 is 10.7. The fourth-order valence-corrected chi connectivity index (χ4v) is 3.54. The van der Waals surface area contributed by atoms with E-state index >= 15 is 0 Å². The molecule has 0 saturated heterocycles. The largest absolute Gasteiger partial charge is 0.497 e. The summed E-state index contributed by atoms with van der Waals surface area (Å²) in [7, 11) is 3.23. The number of carbonyl (C=O) groups is 1. The van der Waals surface area contributed by atoms with Gasteiger partial charge in [-0.3, -0.25) is 4.79 Å². The van der Waals surface area contributed by atoms with Crippen LogP contribution >= 0.6 is 11.3 Å². The summed E-state index contributed by atoms with van der Waals surface area (Å²) in [5, 5.41) is 5.36. The Morgan fingerprint density at radius 1 is 1.15 bits per heavy atom. The number of nitrogens with one attached hydrogen (secondary N) is 1. The standard InChI is InChI=1S/C21H22N2O3S/c1-14(15-7-5-4-6-8-15)11-20(24)23-21-22-18(13-27-21)17-12-16(25-2)9-10-19(17)26-3/h4-10,12-14H,11H2,1-3H3,(H,22,23,24)/t14-/m0/s1. The number of methoxy groups -OCH3 is 2. The maximum Gasteiger partial charge on any atom is 0.226 e. The van der Waals surface area contributed by atoms with Crippen LogP contribution in [-0.4, -0.2) is 25.1 Å². The average molecular weight is 382 g/mol. The molecule has 3 rings (SSSR count). The SMILES string of the molecule is COc1ccc(OC)c(-c2csc(NC(=O)C[C@H](C)c3ccccc3)n2)c1. The molecule has 0 bridgehead atoms. The molecule has 3 aromatic rings. The molecule has 0 fully saturated rings. The summed E-state index contributed by atoms with van der Waals surface area (Å²) >= 11 is 1.39.